The van der Waals surface area contributed by atoms with Crippen LogP contribution in [0.3, 0.4) is 0 Å². The number of hydrogen-bond acceptors (Lipinski definition) is 7. The van der Waals surface area contributed by atoms with E-state index in [1.165, 1.54) is 22.8 Å². The molecule has 0 radical (unpaired) electrons. The van der Waals surface area contributed by atoms with Gasteiger partial charge in [-0.3, -0.25) is 9.78 Å². The second-order valence-corrected chi connectivity index (χ2v) is 8.88. The molecule has 1 aliphatic heterocycles. The van der Waals surface area contributed by atoms with E-state index in [4.69, 9.17) is 11.5 Å². The summed E-state index contributed by atoms with van der Waals surface area (Å²) in [4.78, 5) is 27.4. The Balaban J connectivity index is 1.44. The minimum absolute atomic E-state index is 0.0982. The molecule has 36 heavy (non-hydrogen) atoms. The van der Waals surface area contributed by atoms with Gasteiger partial charge in [0.1, 0.15) is 17.0 Å². The van der Waals surface area contributed by atoms with Gasteiger partial charge in [0.2, 0.25) is 5.95 Å². The van der Waals surface area contributed by atoms with Crippen LogP contribution in [-0.4, -0.2) is 54.4 Å². The maximum atomic E-state index is 14.3. The number of anilines is 1. The Bertz CT molecular complexity index is 1460. The van der Waals surface area contributed by atoms with E-state index in [1.807, 2.05) is 6.92 Å². The molecule has 3 atom stereocenters. The molecular formula is C23H22F4N8O. The zero-order valence-electron chi connectivity index (χ0n) is 19.1. The number of piperidine rings is 1. The lowest BCUT2D eigenvalue weighted by Crippen LogP contribution is -2.45. The molecule has 5 rings (SSSR count). The summed E-state index contributed by atoms with van der Waals surface area (Å²) < 4.78 is 55.1. The van der Waals surface area contributed by atoms with Crippen molar-refractivity contribution in [1.29, 1.82) is 0 Å². The number of likely N-dealkylation sites (tertiary alicyclic amines) is 1. The minimum atomic E-state index is -2.75. The Morgan fingerprint density at radius 1 is 1.17 bits per heavy atom. The minimum Gasteiger partial charge on any atom is -0.368 e. The number of carbonyl (C=O) groups is 1. The highest BCUT2D eigenvalue weighted by Crippen LogP contribution is 2.31. The maximum Gasteiger partial charge on any atom is 0.272 e. The molecule has 1 aliphatic rings. The Hall–Kier alpha value is -3.87. The number of nitrogens with zero attached hydrogens (tertiary/aromatic N) is 6. The molecule has 1 aromatic carbocycles. The van der Waals surface area contributed by atoms with Gasteiger partial charge >= 0.3 is 0 Å². The first-order valence-electron chi connectivity index (χ1n) is 11.3. The van der Waals surface area contributed by atoms with Crippen molar-refractivity contribution in [2.75, 3.05) is 12.3 Å². The number of carbonyl (C=O) groups excluding carboxylic acids is 1. The molecule has 0 spiro atoms. The summed E-state index contributed by atoms with van der Waals surface area (Å²) in [6.45, 7) is 2.15. The molecule has 1 fully saturated rings. The molecule has 0 saturated carbocycles. The molecule has 4 heterocycles. The number of rotatable bonds is 4. The van der Waals surface area contributed by atoms with Gasteiger partial charge in [0.15, 0.2) is 17.3 Å². The Morgan fingerprint density at radius 3 is 2.64 bits per heavy atom. The van der Waals surface area contributed by atoms with E-state index in [0.717, 1.165) is 12.1 Å². The number of alkyl halides is 2. The fourth-order valence-electron chi connectivity index (χ4n) is 4.47. The van der Waals surface area contributed by atoms with Crippen molar-refractivity contribution < 1.29 is 22.4 Å². The number of benzene rings is 1. The average Bonchev–Trinajstić information content (AvgIpc) is 3.31. The Morgan fingerprint density at radius 2 is 1.94 bits per heavy atom. The van der Waals surface area contributed by atoms with Crippen LogP contribution in [0.25, 0.3) is 16.6 Å². The van der Waals surface area contributed by atoms with Gasteiger partial charge in [-0.2, -0.15) is 4.52 Å². The molecule has 4 N–H and O–H groups in total. The third-order valence-electron chi connectivity index (χ3n) is 6.51. The lowest BCUT2D eigenvalue weighted by molar-refractivity contribution is 0.0600. The quantitative estimate of drug-likeness (QED) is 0.410. The molecule has 1 amide bonds. The Kier molecular flexibility index (Phi) is 5.94. The van der Waals surface area contributed by atoms with E-state index < -0.39 is 24.1 Å². The Labute approximate surface area is 202 Å². The highest BCUT2D eigenvalue weighted by atomic mass is 19.3. The van der Waals surface area contributed by atoms with Crippen LogP contribution in [0, 0.1) is 11.6 Å². The number of hydrogen-bond donors (Lipinski definition) is 2. The van der Waals surface area contributed by atoms with Gasteiger partial charge in [-0.25, -0.2) is 27.5 Å². The van der Waals surface area contributed by atoms with Crippen LogP contribution in [0.5, 0.6) is 0 Å². The molecule has 4 aromatic rings. The van der Waals surface area contributed by atoms with Crippen LogP contribution in [0.1, 0.15) is 53.6 Å². The summed E-state index contributed by atoms with van der Waals surface area (Å²) >= 11 is 0. The maximum absolute atomic E-state index is 14.3. The van der Waals surface area contributed by atoms with E-state index in [1.54, 1.807) is 4.90 Å². The van der Waals surface area contributed by atoms with E-state index >= 15 is 0 Å². The van der Waals surface area contributed by atoms with Gasteiger partial charge < -0.3 is 16.4 Å². The predicted octanol–water partition coefficient (Wildman–Crippen LogP) is 3.21. The van der Waals surface area contributed by atoms with Crippen LogP contribution in [0.2, 0.25) is 0 Å². The first-order valence-corrected chi connectivity index (χ1v) is 11.3. The zero-order valence-corrected chi connectivity index (χ0v) is 19.1. The normalized spacial score (nSPS) is 19.4. The number of halogens is 4. The smallest absolute Gasteiger partial charge is 0.272 e. The second-order valence-electron chi connectivity index (χ2n) is 8.88. The lowest BCUT2D eigenvalue weighted by Gasteiger charge is -2.36. The number of amides is 1. The van der Waals surface area contributed by atoms with Gasteiger partial charge in [-0.1, -0.05) is 6.07 Å². The first kappa shape index (κ1) is 23.9. The summed E-state index contributed by atoms with van der Waals surface area (Å²) in [5.41, 5.74) is 11.7. The van der Waals surface area contributed by atoms with Crippen molar-refractivity contribution in [3.8, 4) is 0 Å². The highest BCUT2D eigenvalue weighted by molar-refractivity contribution is 5.93. The molecule has 0 aliphatic carbocycles. The van der Waals surface area contributed by atoms with Crippen LogP contribution >= 0.6 is 0 Å². The SMILES string of the molecule is C[C@H]1CC[C@@H](c2nc3c4cc(F)cc(F)c4nc(N)n3n2)CN1C(=O)c1ccc(C(N)C(F)F)cn1. The second kappa shape index (κ2) is 8.97. The van der Waals surface area contributed by atoms with Gasteiger partial charge in [-0.15, -0.1) is 5.10 Å². The van der Waals surface area contributed by atoms with Crippen LogP contribution in [-0.2, 0) is 0 Å². The number of pyridine rings is 1. The molecule has 1 unspecified atom stereocenters. The molecule has 0 bridgehead atoms. The molecular weight excluding hydrogens is 480 g/mol. The number of nitrogen functional groups attached to an aromatic ring is 1. The predicted molar refractivity (Wildman–Crippen MR) is 122 cm³/mol. The number of aromatic nitrogens is 5. The van der Waals surface area contributed by atoms with Crippen molar-refractivity contribution in [3.05, 3.63) is 59.2 Å². The summed E-state index contributed by atoms with van der Waals surface area (Å²) in [6, 6.07) is 2.98. The summed E-state index contributed by atoms with van der Waals surface area (Å²) in [5.74, 6) is -2.05. The largest absolute Gasteiger partial charge is 0.368 e. The third kappa shape index (κ3) is 4.08. The number of fused-ring (bicyclic) bond motifs is 3. The zero-order chi connectivity index (χ0) is 25.7. The van der Waals surface area contributed by atoms with Gasteiger partial charge in [-0.05, 0) is 37.5 Å². The monoisotopic (exact) mass is 502 g/mol. The number of nitrogens with two attached hydrogens (primary N) is 2. The molecule has 188 valence electrons. The average molecular weight is 502 g/mol. The van der Waals surface area contributed by atoms with Crippen LogP contribution in [0.4, 0.5) is 23.5 Å². The van der Waals surface area contributed by atoms with Gasteiger partial charge in [0.05, 0.1) is 11.4 Å². The summed E-state index contributed by atoms with van der Waals surface area (Å²) in [7, 11) is 0. The van der Waals surface area contributed by atoms with E-state index in [0.29, 0.717) is 18.7 Å². The highest BCUT2D eigenvalue weighted by Gasteiger charge is 2.33. The fourth-order valence-corrected chi connectivity index (χ4v) is 4.47. The fraction of sp³-hybridized carbons (Fsp3) is 0.348. The molecule has 3 aromatic heterocycles. The molecule has 9 nitrogen and oxygen atoms in total. The first-order chi connectivity index (χ1) is 17.1. The molecule has 13 heteroatoms. The van der Waals surface area contributed by atoms with E-state index in [2.05, 4.69) is 20.1 Å². The van der Waals surface area contributed by atoms with Crippen molar-refractivity contribution in [2.45, 2.75) is 44.2 Å². The van der Waals surface area contributed by atoms with Crippen molar-refractivity contribution >= 4 is 28.4 Å². The third-order valence-corrected chi connectivity index (χ3v) is 6.51. The van der Waals surface area contributed by atoms with Crippen molar-refractivity contribution in [3.63, 3.8) is 0 Å². The summed E-state index contributed by atoms with van der Waals surface area (Å²) in [5, 5.41) is 4.55. The van der Waals surface area contributed by atoms with Crippen molar-refractivity contribution in [1.82, 2.24) is 29.5 Å². The van der Waals surface area contributed by atoms with Crippen molar-refractivity contribution in [2.24, 2.45) is 5.73 Å². The van der Waals surface area contributed by atoms with Gasteiger partial charge in [0, 0.05) is 30.8 Å². The van der Waals surface area contributed by atoms with Gasteiger partial charge in [0.25, 0.3) is 12.3 Å². The van der Waals surface area contributed by atoms with Crippen LogP contribution < -0.4 is 11.5 Å². The van der Waals surface area contributed by atoms with E-state index in [9.17, 15) is 22.4 Å². The van der Waals surface area contributed by atoms with Crippen LogP contribution in [0.15, 0.2) is 30.5 Å². The summed E-state index contributed by atoms with van der Waals surface area (Å²) in [6.07, 6.45) is -0.272. The van der Waals surface area contributed by atoms with E-state index in [-0.39, 0.29) is 58.2 Å². The lowest BCUT2D eigenvalue weighted by atomic mass is 9.92. The standard InChI is InChI=1S/C23H22F4N8O/c1-10-2-3-12(9-34(10)22(36)16-5-4-11(8-30-16)17(28)19(26)27)20-32-21-14-6-13(24)7-15(25)18(14)31-23(29)35(21)33-20/h4-8,10,12,17,19H,2-3,9,28H2,1H3,(H2,29,31)/t10-,12+,17?/m0/s1. The molecule has 1 saturated heterocycles. The topological polar surface area (TPSA) is 128 Å².